The number of rotatable bonds is 6. The molecule has 0 atom stereocenters. The van der Waals surface area contributed by atoms with E-state index in [4.69, 9.17) is 21.1 Å². The summed E-state index contributed by atoms with van der Waals surface area (Å²) in [4.78, 5) is 25.2. The molecule has 1 heterocycles. The molecule has 2 aromatic carbocycles. The van der Waals surface area contributed by atoms with Crippen LogP contribution >= 0.6 is 11.6 Å². The van der Waals surface area contributed by atoms with E-state index in [0.29, 0.717) is 5.56 Å². The molecule has 1 fully saturated rings. The fourth-order valence-corrected chi connectivity index (χ4v) is 3.72. The molecular formula is C27H36ClNO4. The van der Waals surface area contributed by atoms with E-state index in [9.17, 15) is 9.59 Å². The van der Waals surface area contributed by atoms with E-state index >= 15 is 0 Å². The van der Waals surface area contributed by atoms with E-state index < -0.39 is 5.24 Å². The maximum absolute atomic E-state index is 12.4. The van der Waals surface area contributed by atoms with E-state index in [-0.39, 0.29) is 18.1 Å². The predicted molar refractivity (Wildman–Crippen MR) is 134 cm³/mol. The van der Waals surface area contributed by atoms with Gasteiger partial charge in [0.15, 0.2) is 0 Å². The van der Waals surface area contributed by atoms with Gasteiger partial charge in [-0.3, -0.25) is 9.59 Å². The number of amides is 1. The molecule has 2 aromatic rings. The fourth-order valence-electron chi connectivity index (χ4n) is 3.61. The van der Waals surface area contributed by atoms with Crippen molar-refractivity contribution in [2.45, 2.75) is 73.0 Å². The van der Waals surface area contributed by atoms with E-state index in [1.807, 2.05) is 64.6 Å². The van der Waals surface area contributed by atoms with Crippen molar-refractivity contribution in [3.8, 4) is 11.5 Å². The van der Waals surface area contributed by atoms with Gasteiger partial charge in [0.2, 0.25) is 0 Å². The first-order chi connectivity index (χ1) is 15.6. The van der Waals surface area contributed by atoms with Gasteiger partial charge < -0.3 is 14.4 Å². The Morgan fingerprint density at radius 1 is 0.788 bits per heavy atom. The van der Waals surface area contributed by atoms with Crippen LogP contribution in [-0.2, 0) is 0 Å². The molecule has 180 valence electrons. The first-order valence-corrected chi connectivity index (χ1v) is 12.0. The van der Waals surface area contributed by atoms with Crippen LogP contribution in [0, 0.1) is 13.8 Å². The Labute approximate surface area is 203 Å². The third-order valence-electron chi connectivity index (χ3n) is 5.19. The van der Waals surface area contributed by atoms with E-state index in [0.717, 1.165) is 54.1 Å². The highest BCUT2D eigenvalue weighted by molar-refractivity contribution is 6.67. The molecule has 33 heavy (non-hydrogen) atoms. The maximum atomic E-state index is 12.4. The van der Waals surface area contributed by atoms with Crippen LogP contribution in [0.2, 0.25) is 0 Å². The van der Waals surface area contributed by atoms with Gasteiger partial charge in [-0.25, -0.2) is 0 Å². The Morgan fingerprint density at radius 3 is 1.67 bits per heavy atom. The zero-order valence-electron chi connectivity index (χ0n) is 20.6. The van der Waals surface area contributed by atoms with Crippen LogP contribution in [0.25, 0.3) is 0 Å². The summed E-state index contributed by atoms with van der Waals surface area (Å²) in [6.07, 6.45) is 3.77. The summed E-state index contributed by atoms with van der Waals surface area (Å²) in [7, 11) is 0. The Morgan fingerprint density at radius 2 is 1.24 bits per heavy atom. The average molecular weight is 474 g/mol. The monoisotopic (exact) mass is 473 g/mol. The van der Waals surface area contributed by atoms with Gasteiger partial charge in [0.1, 0.15) is 11.5 Å². The Balaban J connectivity index is 0.000000245. The lowest BCUT2D eigenvalue weighted by Gasteiger charge is -2.27. The fraction of sp³-hybridized carbons (Fsp3) is 0.481. The highest BCUT2D eigenvalue weighted by atomic mass is 35.5. The zero-order chi connectivity index (χ0) is 24.5. The van der Waals surface area contributed by atoms with Crippen LogP contribution < -0.4 is 9.47 Å². The number of aryl methyl sites for hydroxylation is 2. The first kappa shape index (κ1) is 26.7. The molecule has 0 radical (unpaired) electrons. The van der Waals surface area contributed by atoms with Gasteiger partial charge in [0.05, 0.1) is 12.2 Å². The summed E-state index contributed by atoms with van der Waals surface area (Å²) < 4.78 is 11.2. The van der Waals surface area contributed by atoms with Crippen molar-refractivity contribution in [3.63, 3.8) is 0 Å². The number of carbonyl (C=O) groups is 2. The van der Waals surface area contributed by atoms with Crippen molar-refractivity contribution < 1.29 is 19.1 Å². The number of carbonyl (C=O) groups excluding carboxylic acids is 2. The Kier molecular flexibility index (Phi) is 10.2. The largest absolute Gasteiger partial charge is 0.491 e. The summed E-state index contributed by atoms with van der Waals surface area (Å²) in [5.74, 6) is 1.81. The van der Waals surface area contributed by atoms with Crippen molar-refractivity contribution in [2.75, 3.05) is 13.1 Å². The molecule has 3 rings (SSSR count). The van der Waals surface area contributed by atoms with Gasteiger partial charge in [0.25, 0.3) is 11.1 Å². The number of likely N-dealkylation sites (tertiary alicyclic amines) is 1. The van der Waals surface area contributed by atoms with Gasteiger partial charge in [-0.15, -0.1) is 0 Å². The van der Waals surface area contributed by atoms with Gasteiger partial charge >= 0.3 is 0 Å². The minimum atomic E-state index is -0.441. The molecule has 1 amide bonds. The Hall–Kier alpha value is -2.53. The lowest BCUT2D eigenvalue weighted by molar-refractivity contribution is 0.0724. The van der Waals surface area contributed by atoms with Crippen LogP contribution in [0.1, 0.15) is 78.8 Å². The lowest BCUT2D eigenvalue weighted by atomic mass is 10.1. The standard InChI is InChI=1S/C16H23NO2.C11H13ClO2/c1-12(2)19-15-8-7-14(11-13(15)3)16(18)17-9-5-4-6-10-17;1-7(2)14-10-5-4-9(11(12)13)6-8(10)3/h7-8,11-12H,4-6,9-10H2,1-3H3;4-7H,1-3H3. The molecular weight excluding hydrogens is 438 g/mol. The molecule has 5 nitrogen and oxygen atoms in total. The normalized spacial score (nSPS) is 13.4. The highest BCUT2D eigenvalue weighted by Gasteiger charge is 2.18. The number of nitrogens with zero attached hydrogens (tertiary/aromatic N) is 1. The second-order valence-electron chi connectivity index (χ2n) is 8.92. The van der Waals surface area contributed by atoms with Gasteiger partial charge in [-0.2, -0.15) is 0 Å². The molecule has 0 saturated carbocycles. The number of hydrogen-bond acceptors (Lipinski definition) is 4. The number of piperidine rings is 1. The van der Waals surface area contributed by atoms with Crippen molar-refractivity contribution in [1.82, 2.24) is 4.90 Å². The molecule has 0 aromatic heterocycles. The van der Waals surface area contributed by atoms with Gasteiger partial charge in [0, 0.05) is 24.2 Å². The number of halogens is 1. The predicted octanol–water partition coefficient (Wildman–Crippen LogP) is 6.57. The SMILES string of the molecule is Cc1cc(C(=O)Cl)ccc1OC(C)C.Cc1cc(C(=O)N2CCCCC2)ccc1OC(C)C. The molecule has 1 aliphatic heterocycles. The quantitative estimate of drug-likeness (QED) is 0.445. The van der Waals surface area contributed by atoms with Crippen molar-refractivity contribution in [3.05, 3.63) is 58.7 Å². The smallest absolute Gasteiger partial charge is 0.253 e. The summed E-state index contributed by atoms with van der Waals surface area (Å²) in [6.45, 7) is 13.6. The van der Waals surface area contributed by atoms with Gasteiger partial charge in [-0.05, 0) is 120 Å². The van der Waals surface area contributed by atoms with Crippen molar-refractivity contribution >= 4 is 22.8 Å². The van der Waals surface area contributed by atoms with Crippen LogP contribution in [0.3, 0.4) is 0 Å². The van der Waals surface area contributed by atoms with Crippen LogP contribution in [0.5, 0.6) is 11.5 Å². The van der Waals surface area contributed by atoms with E-state index in [1.165, 1.54) is 6.42 Å². The average Bonchev–Trinajstić information content (AvgIpc) is 2.76. The van der Waals surface area contributed by atoms with E-state index in [2.05, 4.69) is 0 Å². The number of benzene rings is 2. The molecule has 0 bridgehead atoms. The molecule has 0 unspecified atom stereocenters. The van der Waals surface area contributed by atoms with Gasteiger partial charge in [-0.1, -0.05) is 0 Å². The topological polar surface area (TPSA) is 55.8 Å². The molecule has 1 saturated heterocycles. The van der Waals surface area contributed by atoms with Crippen LogP contribution in [0.15, 0.2) is 36.4 Å². The summed E-state index contributed by atoms with van der Waals surface area (Å²) in [6, 6.07) is 10.9. The van der Waals surface area contributed by atoms with E-state index in [1.54, 1.807) is 18.2 Å². The van der Waals surface area contributed by atoms with Crippen LogP contribution in [-0.4, -0.2) is 41.3 Å². The lowest BCUT2D eigenvalue weighted by Crippen LogP contribution is -2.35. The summed E-state index contributed by atoms with van der Waals surface area (Å²) >= 11 is 5.35. The Bertz CT molecular complexity index is 949. The van der Waals surface area contributed by atoms with Crippen molar-refractivity contribution in [1.29, 1.82) is 0 Å². The maximum Gasteiger partial charge on any atom is 0.253 e. The third kappa shape index (κ3) is 8.39. The zero-order valence-corrected chi connectivity index (χ0v) is 21.4. The van der Waals surface area contributed by atoms with Crippen LogP contribution in [0.4, 0.5) is 0 Å². The second-order valence-corrected chi connectivity index (χ2v) is 9.26. The molecule has 6 heteroatoms. The molecule has 1 aliphatic rings. The first-order valence-electron chi connectivity index (χ1n) is 11.6. The molecule has 0 aliphatic carbocycles. The second kappa shape index (κ2) is 12.6. The number of hydrogen-bond donors (Lipinski definition) is 0. The molecule has 0 spiro atoms. The molecule has 0 N–H and O–H groups in total. The minimum absolute atomic E-state index is 0.131. The summed E-state index contributed by atoms with van der Waals surface area (Å²) in [5.41, 5.74) is 3.22. The number of ether oxygens (including phenoxy) is 2. The van der Waals surface area contributed by atoms with Crippen molar-refractivity contribution in [2.24, 2.45) is 0 Å². The minimum Gasteiger partial charge on any atom is -0.491 e. The summed E-state index contributed by atoms with van der Waals surface area (Å²) in [5, 5.41) is -0.441. The third-order valence-corrected chi connectivity index (χ3v) is 5.41. The highest BCUT2D eigenvalue weighted by Crippen LogP contribution is 2.23.